The van der Waals surface area contributed by atoms with Crippen molar-refractivity contribution in [2.75, 3.05) is 19.2 Å². The second-order valence-corrected chi connectivity index (χ2v) is 8.89. The zero-order valence-electron chi connectivity index (χ0n) is 16.6. The van der Waals surface area contributed by atoms with E-state index in [4.69, 9.17) is 33.3 Å². The number of hydrogen-bond acceptors (Lipinski definition) is 5. The van der Waals surface area contributed by atoms with Crippen LogP contribution >= 0.6 is 35.6 Å². The molecule has 3 aromatic carbocycles. The second kappa shape index (κ2) is 9.16. The van der Waals surface area contributed by atoms with Crippen molar-refractivity contribution in [3.05, 3.63) is 88.9 Å². The molecule has 0 radical (unpaired) electrons. The van der Waals surface area contributed by atoms with E-state index in [1.54, 1.807) is 26.0 Å². The summed E-state index contributed by atoms with van der Waals surface area (Å²) >= 11 is 13.6. The molecular formula is C23H21ClN2O2S2. The van der Waals surface area contributed by atoms with Crippen molar-refractivity contribution >= 4 is 45.6 Å². The van der Waals surface area contributed by atoms with Crippen molar-refractivity contribution in [3.8, 4) is 11.5 Å². The molecule has 1 unspecified atom stereocenters. The summed E-state index contributed by atoms with van der Waals surface area (Å²) in [5, 5.41) is 5.11. The predicted molar refractivity (Wildman–Crippen MR) is 128 cm³/mol. The molecule has 0 bridgehead atoms. The summed E-state index contributed by atoms with van der Waals surface area (Å²) in [5.74, 6) is 1.65. The topological polar surface area (TPSA) is 24.9 Å². The molecule has 4 nitrogen and oxygen atoms in total. The van der Waals surface area contributed by atoms with Gasteiger partial charge in [-0.05, 0) is 59.7 Å². The number of nitrogens with zero attached hydrogens (tertiary/aromatic N) is 2. The molecule has 1 fully saturated rings. The highest BCUT2D eigenvalue weighted by Crippen LogP contribution is 2.46. The van der Waals surface area contributed by atoms with Crippen LogP contribution in [0.25, 0.3) is 0 Å². The molecule has 0 aromatic heterocycles. The quantitative estimate of drug-likeness (QED) is 0.403. The van der Waals surface area contributed by atoms with E-state index in [0.29, 0.717) is 6.54 Å². The molecular weight excluding hydrogens is 436 g/mol. The van der Waals surface area contributed by atoms with Gasteiger partial charge in [0.1, 0.15) is 16.9 Å². The molecule has 0 amide bonds. The maximum Gasteiger partial charge on any atom is 0.157 e. The SMILES string of the molecule is COc1ccc(CN2C(=S)SC(c3ccc(Cl)cc3)N2c2ccc(OC)cc2)cc1. The van der Waals surface area contributed by atoms with E-state index in [-0.39, 0.29) is 5.37 Å². The number of benzene rings is 3. The molecule has 1 saturated heterocycles. The van der Waals surface area contributed by atoms with Crippen molar-refractivity contribution in [1.82, 2.24) is 5.01 Å². The molecule has 4 rings (SSSR count). The highest BCUT2D eigenvalue weighted by molar-refractivity contribution is 8.23. The Kier molecular flexibility index (Phi) is 6.37. The smallest absolute Gasteiger partial charge is 0.157 e. The van der Waals surface area contributed by atoms with Crippen LogP contribution in [-0.4, -0.2) is 23.5 Å². The van der Waals surface area contributed by atoms with Crippen LogP contribution in [0.15, 0.2) is 72.8 Å². The summed E-state index contributed by atoms with van der Waals surface area (Å²) in [5.41, 5.74) is 3.32. The van der Waals surface area contributed by atoms with Gasteiger partial charge in [0.25, 0.3) is 0 Å². The third-order valence-corrected chi connectivity index (χ3v) is 6.75. The molecule has 154 valence electrons. The number of hydrogen-bond donors (Lipinski definition) is 0. The molecule has 1 aliphatic heterocycles. The van der Waals surface area contributed by atoms with E-state index in [0.717, 1.165) is 37.7 Å². The van der Waals surface area contributed by atoms with Crippen molar-refractivity contribution in [2.45, 2.75) is 11.9 Å². The highest BCUT2D eigenvalue weighted by Gasteiger charge is 2.37. The van der Waals surface area contributed by atoms with Gasteiger partial charge in [-0.3, -0.25) is 10.0 Å². The third-order valence-electron chi connectivity index (χ3n) is 4.89. The molecule has 1 heterocycles. The Labute approximate surface area is 191 Å². The van der Waals surface area contributed by atoms with Crippen LogP contribution < -0.4 is 14.5 Å². The van der Waals surface area contributed by atoms with E-state index in [1.165, 1.54) is 0 Å². The summed E-state index contributed by atoms with van der Waals surface area (Å²) in [6.45, 7) is 0.659. The van der Waals surface area contributed by atoms with Gasteiger partial charge in [0.2, 0.25) is 0 Å². The second-order valence-electron chi connectivity index (χ2n) is 6.74. The van der Waals surface area contributed by atoms with E-state index in [9.17, 15) is 0 Å². The number of hydrazine groups is 1. The highest BCUT2D eigenvalue weighted by atomic mass is 35.5. The first kappa shape index (κ1) is 20.8. The lowest BCUT2D eigenvalue weighted by molar-refractivity contribution is 0.390. The minimum atomic E-state index is 0.0152. The minimum Gasteiger partial charge on any atom is -0.497 e. The predicted octanol–water partition coefficient (Wildman–Crippen LogP) is 6.31. The molecule has 0 aliphatic carbocycles. The number of thioether (sulfide) groups is 1. The Morgan fingerprint density at radius 1 is 0.867 bits per heavy atom. The lowest BCUT2D eigenvalue weighted by Gasteiger charge is -2.34. The van der Waals surface area contributed by atoms with Gasteiger partial charge in [0, 0.05) is 5.02 Å². The standard InChI is InChI=1S/C23H21ClN2O2S2/c1-27-20-11-3-16(4-12-20)15-25-23(29)30-22(17-5-7-18(24)8-6-17)26(25)19-9-13-21(28-2)14-10-19/h3-14,22H,15H2,1-2H3. The minimum absolute atomic E-state index is 0.0152. The van der Waals surface area contributed by atoms with E-state index in [1.807, 2.05) is 36.4 Å². The van der Waals surface area contributed by atoms with Crippen molar-refractivity contribution < 1.29 is 9.47 Å². The fourth-order valence-corrected chi connectivity index (χ4v) is 4.96. The number of thiocarbonyl (C=S) groups is 1. The number of anilines is 1. The number of rotatable bonds is 6. The first-order valence-corrected chi connectivity index (χ1v) is 11.1. The Hall–Kier alpha value is -2.41. The summed E-state index contributed by atoms with van der Waals surface area (Å²) in [4.78, 5) is 0. The van der Waals surface area contributed by atoms with Crippen molar-refractivity contribution in [3.63, 3.8) is 0 Å². The third kappa shape index (κ3) is 4.36. The van der Waals surface area contributed by atoms with Crippen LogP contribution in [0.4, 0.5) is 5.69 Å². The monoisotopic (exact) mass is 456 g/mol. The fourth-order valence-electron chi connectivity index (χ4n) is 3.31. The Balaban J connectivity index is 1.70. The average molecular weight is 457 g/mol. The fraction of sp³-hybridized carbons (Fsp3) is 0.174. The van der Waals surface area contributed by atoms with E-state index < -0.39 is 0 Å². The summed E-state index contributed by atoms with van der Waals surface area (Å²) in [7, 11) is 3.34. The van der Waals surface area contributed by atoms with Gasteiger partial charge in [-0.1, -0.05) is 59.8 Å². The molecule has 1 aliphatic rings. The Morgan fingerprint density at radius 2 is 1.43 bits per heavy atom. The van der Waals surface area contributed by atoms with Crippen LogP contribution in [0.5, 0.6) is 11.5 Å². The normalized spacial score (nSPS) is 16.1. The molecule has 0 saturated carbocycles. The summed E-state index contributed by atoms with van der Waals surface area (Å²) in [6, 6.07) is 24.0. The van der Waals surface area contributed by atoms with Gasteiger partial charge in [0.05, 0.1) is 26.5 Å². The zero-order chi connectivity index (χ0) is 21.1. The van der Waals surface area contributed by atoms with Gasteiger partial charge in [0.15, 0.2) is 4.32 Å². The Morgan fingerprint density at radius 3 is 2.00 bits per heavy atom. The van der Waals surface area contributed by atoms with Gasteiger partial charge in [-0.25, -0.2) is 0 Å². The number of methoxy groups -OCH3 is 2. The van der Waals surface area contributed by atoms with Crippen LogP contribution in [0.2, 0.25) is 5.02 Å². The molecule has 0 spiro atoms. The van der Waals surface area contributed by atoms with Crippen LogP contribution in [-0.2, 0) is 6.54 Å². The van der Waals surface area contributed by atoms with Crippen molar-refractivity contribution in [2.24, 2.45) is 0 Å². The number of ether oxygens (including phenoxy) is 2. The molecule has 30 heavy (non-hydrogen) atoms. The van der Waals surface area contributed by atoms with Crippen LogP contribution in [0.1, 0.15) is 16.5 Å². The molecule has 0 N–H and O–H groups in total. The lowest BCUT2D eigenvalue weighted by atomic mass is 10.2. The van der Waals surface area contributed by atoms with Crippen LogP contribution in [0, 0.1) is 0 Å². The largest absolute Gasteiger partial charge is 0.497 e. The Bertz CT molecular complexity index is 1010. The molecule has 3 aromatic rings. The maximum atomic E-state index is 6.11. The maximum absolute atomic E-state index is 6.11. The van der Waals surface area contributed by atoms with Gasteiger partial charge in [-0.15, -0.1) is 0 Å². The summed E-state index contributed by atoms with van der Waals surface area (Å²) in [6.07, 6.45) is 0. The van der Waals surface area contributed by atoms with Crippen LogP contribution in [0.3, 0.4) is 0 Å². The van der Waals surface area contributed by atoms with Gasteiger partial charge >= 0.3 is 0 Å². The first-order chi connectivity index (χ1) is 14.6. The lowest BCUT2D eigenvalue weighted by Crippen LogP contribution is -2.39. The molecule has 1 atom stereocenters. The van der Waals surface area contributed by atoms with Crippen molar-refractivity contribution in [1.29, 1.82) is 0 Å². The average Bonchev–Trinajstić information content (AvgIpc) is 3.10. The van der Waals surface area contributed by atoms with E-state index in [2.05, 4.69) is 46.4 Å². The van der Waals surface area contributed by atoms with Gasteiger partial charge in [-0.2, -0.15) is 0 Å². The van der Waals surface area contributed by atoms with Gasteiger partial charge < -0.3 is 9.47 Å². The number of halogens is 1. The molecule has 7 heteroatoms. The zero-order valence-corrected chi connectivity index (χ0v) is 19.0. The first-order valence-electron chi connectivity index (χ1n) is 9.39. The summed E-state index contributed by atoms with van der Waals surface area (Å²) < 4.78 is 11.4. The van der Waals surface area contributed by atoms with E-state index >= 15 is 0 Å².